The fourth-order valence-electron chi connectivity index (χ4n) is 2.02. The second-order valence-electron chi connectivity index (χ2n) is 4.82. The summed E-state index contributed by atoms with van der Waals surface area (Å²) < 4.78 is 13.7. The molecule has 0 spiro atoms. The summed E-state index contributed by atoms with van der Waals surface area (Å²) in [6.45, 7) is -0.0813. The van der Waals surface area contributed by atoms with Crippen LogP contribution in [0.3, 0.4) is 0 Å². The molecule has 6 nitrogen and oxygen atoms in total. The molecule has 2 aromatic carbocycles. The molecule has 23 heavy (non-hydrogen) atoms. The summed E-state index contributed by atoms with van der Waals surface area (Å²) in [6, 6.07) is 7.45. The maximum Gasteiger partial charge on any atom is 0.310 e. The number of halogens is 2. The fourth-order valence-corrected chi connectivity index (χ4v) is 2.25. The van der Waals surface area contributed by atoms with E-state index in [-0.39, 0.29) is 22.7 Å². The largest absolute Gasteiger partial charge is 0.502 e. The molecule has 2 aromatic rings. The lowest BCUT2D eigenvalue weighted by Gasteiger charge is -2.18. The van der Waals surface area contributed by atoms with Crippen molar-refractivity contribution >= 4 is 23.2 Å². The summed E-state index contributed by atoms with van der Waals surface area (Å²) in [4.78, 5) is 23.4. The molecule has 0 aliphatic carbocycles. The first-order valence-corrected chi connectivity index (χ1v) is 6.85. The number of carbonyl (C=O) groups excluding carboxylic acids is 1. The Balaban J connectivity index is 2.23. The highest BCUT2D eigenvalue weighted by Gasteiger charge is 2.19. The fraction of sp³-hybridized carbons (Fsp3) is 0.133. The van der Waals surface area contributed by atoms with Gasteiger partial charge in [0.1, 0.15) is 5.82 Å². The number of rotatable bonds is 4. The van der Waals surface area contributed by atoms with Crippen molar-refractivity contribution in [2.45, 2.75) is 6.54 Å². The minimum atomic E-state index is -0.758. The predicted octanol–water partition coefficient (Wildman–Crippen LogP) is 3.37. The van der Waals surface area contributed by atoms with Crippen molar-refractivity contribution in [1.82, 2.24) is 4.90 Å². The van der Waals surface area contributed by atoms with Crippen LogP contribution in [-0.2, 0) is 6.54 Å². The van der Waals surface area contributed by atoms with E-state index in [4.69, 9.17) is 11.6 Å². The molecule has 0 radical (unpaired) electrons. The van der Waals surface area contributed by atoms with E-state index in [1.807, 2.05) is 0 Å². The van der Waals surface area contributed by atoms with Gasteiger partial charge in [0.15, 0.2) is 5.75 Å². The van der Waals surface area contributed by atoms with E-state index in [0.29, 0.717) is 0 Å². The lowest BCUT2D eigenvalue weighted by atomic mass is 10.1. The standard InChI is InChI=1S/C15H12ClFN2O4/c1-18(8-10-11(16)3-2-4-12(10)17)15(21)9-5-6-13(19(22)23)14(20)7-9/h2-7,20H,8H2,1H3. The summed E-state index contributed by atoms with van der Waals surface area (Å²) in [5.41, 5.74) is -0.291. The highest BCUT2D eigenvalue weighted by atomic mass is 35.5. The van der Waals surface area contributed by atoms with Gasteiger partial charge in [-0.3, -0.25) is 14.9 Å². The first kappa shape index (κ1) is 16.7. The van der Waals surface area contributed by atoms with Gasteiger partial charge in [0.2, 0.25) is 0 Å². The van der Waals surface area contributed by atoms with Crippen LogP contribution < -0.4 is 0 Å². The van der Waals surface area contributed by atoms with E-state index in [9.17, 15) is 24.4 Å². The Morgan fingerprint density at radius 3 is 2.65 bits per heavy atom. The average Bonchev–Trinajstić information content (AvgIpc) is 2.49. The monoisotopic (exact) mass is 338 g/mol. The Morgan fingerprint density at radius 2 is 2.09 bits per heavy atom. The van der Waals surface area contributed by atoms with Crippen LogP contribution in [0, 0.1) is 15.9 Å². The molecule has 0 saturated carbocycles. The van der Waals surface area contributed by atoms with Crippen molar-refractivity contribution in [3.05, 3.63) is 68.5 Å². The number of phenolic OH excluding ortho intramolecular Hbond substituents is 1. The maximum absolute atomic E-state index is 13.7. The molecule has 2 rings (SSSR count). The molecule has 0 aliphatic heterocycles. The first-order valence-electron chi connectivity index (χ1n) is 6.47. The Labute approximate surface area is 135 Å². The van der Waals surface area contributed by atoms with Crippen LogP contribution in [0.5, 0.6) is 5.75 Å². The zero-order valence-corrected chi connectivity index (χ0v) is 12.7. The van der Waals surface area contributed by atoms with Gasteiger partial charge in [-0.25, -0.2) is 4.39 Å². The van der Waals surface area contributed by atoms with Gasteiger partial charge in [0.25, 0.3) is 5.91 Å². The van der Waals surface area contributed by atoms with Gasteiger partial charge in [-0.05, 0) is 24.3 Å². The number of benzene rings is 2. The molecule has 0 atom stereocenters. The zero-order chi connectivity index (χ0) is 17.1. The number of nitro benzene ring substituents is 1. The second-order valence-corrected chi connectivity index (χ2v) is 5.23. The molecule has 0 fully saturated rings. The number of carbonyl (C=O) groups is 1. The van der Waals surface area contributed by atoms with E-state index in [0.717, 1.165) is 12.1 Å². The van der Waals surface area contributed by atoms with Crippen LogP contribution in [0.1, 0.15) is 15.9 Å². The van der Waals surface area contributed by atoms with Gasteiger partial charge in [-0.2, -0.15) is 0 Å². The van der Waals surface area contributed by atoms with Crippen LogP contribution in [0.4, 0.5) is 10.1 Å². The summed E-state index contributed by atoms with van der Waals surface area (Å²) in [5.74, 6) is -1.68. The lowest BCUT2D eigenvalue weighted by Crippen LogP contribution is -2.26. The molecule has 8 heteroatoms. The van der Waals surface area contributed by atoms with E-state index in [1.165, 1.54) is 36.2 Å². The molecule has 0 aliphatic rings. The van der Waals surface area contributed by atoms with Gasteiger partial charge in [-0.1, -0.05) is 17.7 Å². The number of phenols is 1. The SMILES string of the molecule is CN(Cc1c(F)cccc1Cl)C(=O)c1ccc([N+](=O)[O-])c(O)c1. The topological polar surface area (TPSA) is 83.7 Å². The smallest absolute Gasteiger partial charge is 0.310 e. The predicted molar refractivity (Wildman–Crippen MR) is 82.0 cm³/mol. The molecule has 0 bridgehead atoms. The third-order valence-electron chi connectivity index (χ3n) is 3.22. The van der Waals surface area contributed by atoms with Crippen molar-refractivity contribution < 1.29 is 19.2 Å². The highest BCUT2D eigenvalue weighted by molar-refractivity contribution is 6.31. The first-order chi connectivity index (χ1) is 10.8. The van der Waals surface area contributed by atoms with Crippen LogP contribution in [-0.4, -0.2) is 27.9 Å². The number of hydrogen-bond acceptors (Lipinski definition) is 4. The molecule has 0 aromatic heterocycles. The Morgan fingerprint density at radius 1 is 1.39 bits per heavy atom. The summed E-state index contributed by atoms with van der Waals surface area (Å²) in [6.07, 6.45) is 0. The van der Waals surface area contributed by atoms with Crippen LogP contribution >= 0.6 is 11.6 Å². The van der Waals surface area contributed by atoms with Gasteiger partial charge in [0.05, 0.1) is 4.92 Å². The Hall–Kier alpha value is -2.67. The lowest BCUT2D eigenvalue weighted by molar-refractivity contribution is -0.385. The average molecular weight is 339 g/mol. The van der Waals surface area contributed by atoms with E-state index in [2.05, 4.69) is 0 Å². The number of nitrogens with zero attached hydrogens (tertiary/aromatic N) is 2. The molecule has 0 heterocycles. The van der Waals surface area contributed by atoms with Crippen molar-refractivity contribution in [3.8, 4) is 5.75 Å². The van der Waals surface area contributed by atoms with Crippen LogP contribution in [0.15, 0.2) is 36.4 Å². The van der Waals surface area contributed by atoms with E-state index >= 15 is 0 Å². The van der Waals surface area contributed by atoms with Gasteiger partial charge in [-0.15, -0.1) is 0 Å². The molecule has 1 N–H and O–H groups in total. The van der Waals surface area contributed by atoms with Crippen molar-refractivity contribution in [2.24, 2.45) is 0 Å². The van der Waals surface area contributed by atoms with Crippen LogP contribution in [0.25, 0.3) is 0 Å². The molecule has 0 unspecified atom stereocenters. The Bertz CT molecular complexity index is 762. The Kier molecular flexibility index (Phi) is 4.80. The molecular weight excluding hydrogens is 327 g/mol. The van der Waals surface area contributed by atoms with Crippen LogP contribution in [0.2, 0.25) is 5.02 Å². The maximum atomic E-state index is 13.7. The molecule has 120 valence electrons. The van der Waals surface area contributed by atoms with E-state index < -0.39 is 28.1 Å². The minimum Gasteiger partial charge on any atom is -0.502 e. The molecular formula is C15H12ClFN2O4. The normalized spacial score (nSPS) is 10.4. The van der Waals surface area contributed by atoms with Crippen molar-refractivity contribution in [3.63, 3.8) is 0 Å². The number of hydrogen-bond donors (Lipinski definition) is 1. The zero-order valence-electron chi connectivity index (χ0n) is 12.0. The number of nitro groups is 1. The third kappa shape index (κ3) is 3.57. The highest BCUT2D eigenvalue weighted by Crippen LogP contribution is 2.27. The minimum absolute atomic E-state index is 0.0445. The van der Waals surface area contributed by atoms with Gasteiger partial charge in [0, 0.05) is 35.8 Å². The molecule has 1 amide bonds. The summed E-state index contributed by atoms with van der Waals surface area (Å²) in [5, 5.41) is 20.4. The summed E-state index contributed by atoms with van der Waals surface area (Å²) >= 11 is 5.91. The van der Waals surface area contributed by atoms with E-state index in [1.54, 1.807) is 0 Å². The number of aromatic hydroxyl groups is 1. The summed E-state index contributed by atoms with van der Waals surface area (Å²) in [7, 11) is 1.43. The van der Waals surface area contributed by atoms with Gasteiger partial charge < -0.3 is 10.0 Å². The third-order valence-corrected chi connectivity index (χ3v) is 3.58. The quantitative estimate of drug-likeness (QED) is 0.684. The molecule has 0 saturated heterocycles. The number of amides is 1. The van der Waals surface area contributed by atoms with Crippen molar-refractivity contribution in [2.75, 3.05) is 7.05 Å². The van der Waals surface area contributed by atoms with Gasteiger partial charge >= 0.3 is 5.69 Å². The second kappa shape index (κ2) is 6.62. The van der Waals surface area contributed by atoms with Crippen molar-refractivity contribution in [1.29, 1.82) is 0 Å².